The van der Waals surface area contributed by atoms with E-state index >= 15 is 0 Å². The summed E-state index contributed by atoms with van der Waals surface area (Å²) in [6.07, 6.45) is 2.75. The molecule has 2 aliphatic rings. The number of piperazine rings is 1. The Balaban J connectivity index is 1.32. The summed E-state index contributed by atoms with van der Waals surface area (Å²) < 4.78 is 34.5. The third-order valence-electron chi connectivity index (χ3n) is 6.63. The van der Waals surface area contributed by atoms with Gasteiger partial charge in [0.05, 0.1) is 17.7 Å². The predicted octanol–water partition coefficient (Wildman–Crippen LogP) is 2.82. The monoisotopic (exact) mass is 480 g/mol. The highest BCUT2D eigenvalue weighted by molar-refractivity contribution is 7.89. The minimum absolute atomic E-state index is 0.120. The van der Waals surface area contributed by atoms with Crippen LogP contribution in [-0.2, 0) is 22.9 Å². The summed E-state index contributed by atoms with van der Waals surface area (Å²) in [5.41, 5.74) is 4.76. The molecule has 1 aromatic heterocycles. The normalized spacial score (nSPS) is 16.5. The van der Waals surface area contributed by atoms with Gasteiger partial charge in [-0.2, -0.15) is 9.40 Å². The number of carbonyl (C=O) groups is 1. The SMILES string of the molecule is COc1ccc(S(=O)(=O)N2CCN(C(=O)c3nn(-c4ccc(C)cc4)c4c3CCC4)CC2)cc1. The van der Waals surface area contributed by atoms with Crippen molar-refractivity contribution in [2.45, 2.75) is 31.1 Å². The number of rotatable bonds is 5. The number of fused-ring (bicyclic) bond motifs is 1. The Labute approximate surface area is 199 Å². The number of hydrogen-bond acceptors (Lipinski definition) is 5. The minimum atomic E-state index is -3.63. The van der Waals surface area contributed by atoms with E-state index in [0.717, 1.165) is 36.2 Å². The van der Waals surface area contributed by atoms with E-state index in [-0.39, 0.29) is 23.9 Å². The van der Waals surface area contributed by atoms with Crippen LogP contribution in [0.2, 0.25) is 0 Å². The van der Waals surface area contributed by atoms with Crippen LogP contribution >= 0.6 is 0 Å². The van der Waals surface area contributed by atoms with Crippen molar-refractivity contribution in [3.8, 4) is 11.4 Å². The summed E-state index contributed by atoms with van der Waals surface area (Å²) in [6.45, 7) is 3.21. The molecule has 0 radical (unpaired) electrons. The van der Waals surface area contributed by atoms with Gasteiger partial charge >= 0.3 is 0 Å². The zero-order valence-electron chi connectivity index (χ0n) is 19.4. The van der Waals surface area contributed by atoms with Crippen LogP contribution in [0.3, 0.4) is 0 Å². The molecular weight excluding hydrogens is 452 g/mol. The Kier molecular flexibility index (Phi) is 5.91. The number of nitrogens with zero attached hydrogens (tertiary/aromatic N) is 4. The number of hydrogen-bond donors (Lipinski definition) is 0. The van der Waals surface area contributed by atoms with Gasteiger partial charge in [-0.25, -0.2) is 13.1 Å². The minimum Gasteiger partial charge on any atom is -0.497 e. The van der Waals surface area contributed by atoms with E-state index in [2.05, 4.69) is 0 Å². The third kappa shape index (κ3) is 3.99. The van der Waals surface area contributed by atoms with Gasteiger partial charge in [-0.05, 0) is 62.6 Å². The van der Waals surface area contributed by atoms with Crippen LogP contribution in [-0.4, -0.2) is 66.6 Å². The molecule has 0 spiro atoms. The molecule has 178 valence electrons. The maximum Gasteiger partial charge on any atom is 0.274 e. The van der Waals surface area contributed by atoms with Gasteiger partial charge < -0.3 is 9.64 Å². The Morgan fingerprint density at radius 2 is 1.62 bits per heavy atom. The van der Waals surface area contributed by atoms with E-state index in [1.165, 1.54) is 9.87 Å². The number of ether oxygens (including phenoxy) is 1. The van der Waals surface area contributed by atoms with Crippen molar-refractivity contribution >= 4 is 15.9 Å². The van der Waals surface area contributed by atoms with Crippen molar-refractivity contribution in [2.75, 3.05) is 33.3 Å². The lowest BCUT2D eigenvalue weighted by Crippen LogP contribution is -2.50. The molecular formula is C25H28N4O4S. The van der Waals surface area contributed by atoms with Gasteiger partial charge in [0.2, 0.25) is 10.0 Å². The molecule has 1 amide bonds. The zero-order chi connectivity index (χ0) is 23.9. The molecule has 0 N–H and O–H groups in total. The predicted molar refractivity (Wildman–Crippen MR) is 128 cm³/mol. The Morgan fingerprint density at radius 1 is 0.941 bits per heavy atom. The molecule has 1 saturated heterocycles. The van der Waals surface area contributed by atoms with Crippen molar-refractivity contribution in [1.82, 2.24) is 19.0 Å². The van der Waals surface area contributed by atoms with Crippen LogP contribution in [0, 0.1) is 6.92 Å². The molecule has 0 atom stereocenters. The van der Waals surface area contributed by atoms with E-state index in [1.807, 2.05) is 35.9 Å². The van der Waals surface area contributed by atoms with Crippen molar-refractivity contribution in [1.29, 1.82) is 0 Å². The fourth-order valence-corrected chi connectivity index (χ4v) is 6.11. The van der Waals surface area contributed by atoms with Gasteiger partial charge in [-0.3, -0.25) is 4.79 Å². The van der Waals surface area contributed by atoms with E-state index in [0.29, 0.717) is 24.5 Å². The van der Waals surface area contributed by atoms with Crippen molar-refractivity contribution < 1.29 is 17.9 Å². The van der Waals surface area contributed by atoms with Crippen molar-refractivity contribution in [3.05, 3.63) is 71.0 Å². The smallest absolute Gasteiger partial charge is 0.274 e. The Hall–Kier alpha value is -3.17. The van der Waals surface area contributed by atoms with Gasteiger partial charge in [-0.15, -0.1) is 0 Å². The third-order valence-corrected chi connectivity index (χ3v) is 8.55. The Morgan fingerprint density at radius 3 is 2.26 bits per heavy atom. The van der Waals surface area contributed by atoms with Gasteiger partial charge in [0.25, 0.3) is 5.91 Å². The molecule has 5 rings (SSSR count). The number of benzene rings is 2. The van der Waals surface area contributed by atoms with Crippen molar-refractivity contribution in [3.63, 3.8) is 0 Å². The highest BCUT2D eigenvalue weighted by Crippen LogP contribution is 2.29. The molecule has 1 fully saturated rings. The summed E-state index contributed by atoms with van der Waals surface area (Å²) in [5, 5.41) is 4.72. The molecule has 2 aromatic carbocycles. The van der Waals surface area contributed by atoms with Gasteiger partial charge in [0, 0.05) is 37.4 Å². The summed E-state index contributed by atoms with van der Waals surface area (Å²) in [7, 11) is -2.09. The fraction of sp³-hybridized carbons (Fsp3) is 0.360. The zero-order valence-corrected chi connectivity index (χ0v) is 20.2. The van der Waals surface area contributed by atoms with Crippen LogP contribution in [0.25, 0.3) is 5.69 Å². The quantitative estimate of drug-likeness (QED) is 0.561. The van der Waals surface area contributed by atoms with Crippen LogP contribution in [0.4, 0.5) is 0 Å². The standard InChI is InChI=1S/C25H28N4O4S/c1-18-6-8-19(9-7-18)29-23-5-3-4-22(23)24(26-29)25(30)27-14-16-28(17-15-27)34(31,32)21-12-10-20(33-2)11-13-21/h6-13H,3-5,14-17H2,1-2H3. The molecule has 1 aliphatic heterocycles. The van der Waals surface area contributed by atoms with Crippen molar-refractivity contribution in [2.24, 2.45) is 0 Å². The maximum atomic E-state index is 13.4. The molecule has 34 heavy (non-hydrogen) atoms. The number of aromatic nitrogens is 2. The van der Waals surface area contributed by atoms with Crippen LogP contribution in [0.1, 0.15) is 33.7 Å². The number of methoxy groups -OCH3 is 1. The largest absolute Gasteiger partial charge is 0.497 e. The van der Waals surface area contributed by atoms with E-state index in [1.54, 1.807) is 36.3 Å². The highest BCUT2D eigenvalue weighted by atomic mass is 32.2. The first kappa shape index (κ1) is 22.6. The first-order chi connectivity index (χ1) is 16.4. The number of carbonyl (C=O) groups excluding carboxylic acids is 1. The topological polar surface area (TPSA) is 84.7 Å². The maximum absolute atomic E-state index is 13.4. The second-order valence-electron chi connectivity index (χ2n) is 8.75. The van der Waals surface area contributed by atoms with E-state index in [4.69, 9.17) is 9.84 Å². The molecule has 3 aromatic rings. The second kappa shape index (κ2) is 8.88. The van der Waals surface area contributed by atoms with E-state index < -0.39 is 10.0 Å². The number of aryl methyl sites for hydroxylation is 1. The first-order valence-corrected chi connectivity index (χ1v) is 12.9. The molecule has 8 nitrogen and oxygen atoms in total. The van der Waals surface area contributed by atoms with Gasteiger partial charge in [0.15, 0.2) is 5.69 Å². The fourth-order valence-electron chi connectivity index (χ4n) is 4.69. The van der Waals surface area contributed by atoms with Gasteiger partial charge in [-0.1, -0.05) is 17.7 Å². The number of amides is 1. The first-order valence-electron chi connectivity index (χ1n) is 11.5. The van der Waals surface area contributed by atoms with Crippen LogP contribution in [0.5, 0.6) is 5.75 Å². The summed E-state index contributed by atoms with van der Waals surface area (Å²) >= 11 is 0. The molecule has 9 heteroatoms. The second-order valence-corrected chi connectivity index (χ2v) is 10.7. The summed E-state index contributed by atoms with van der Waals surface area (Å²) in [4.78, 5) is 15.4. The molecule has 0 unspecified atom stereocenters. The lowest BCUT2D eigenvalue weighted by molar-refractivity contribution is 0.0690. The lowest BCUT2D eigenvalue weighted by atomic mass is 10.1. The molecule has 2 heterocycles. The molecule has 0 bridgehead atoms. The summed E-state index contributed by atoms with van der Waals surface area (Å²) in [5.74, 6) is 0.484. The average molecular weight is 481 g/mol. The molecule has 1 aliphatic carbocycles. The highest BCUT2D eigenvalue weighted by Gasteiger charge is 2.34. The van der Waals surface area contributed by atoms with Crippen LogP contribution in [0.15, 0.2) is 53.4 Å². The van der Waals surface area contributed by atoms with Gasteiger partial charge in [0.1, 0.15) is 5.75 Å². The Bertz CT molecular complexity index is 1310. The number of sulfonamides is 1. The average Bonchev–Trinajstić information content (AvgIpc) is 3.47. The summed E-state index contributed by atoms with van der Waals surface area (Å²) in [6, 6.07) is 14.5. The molecule has 0 saturated carbocycles. The lowest BCUT2D eigenvalue weighted by Gasteiger charge is -2.33. The van der Waals surface area contributed by atoms with E-state index in [9.17, 15) is 13.2 Å². The van der Waals surface area contributed by atoms with Crippen LogP contribution < -0.4 is 4.74 Å².